The van der Waals surface area contributed by atoms with E-state index in [-0.39, 0.29) is 11.7 Å². The van der Waals surface area contributed by atoms with Crippen LogP contribution in [0.5, 0.6) is 0 Å². The van der Waals surface area contributed by atoms with Crippen LogP contribution in [0.25, 0.3) is 27.1 Å². The van der Waals surface area contributed by atoms with Gasteiger partial charge < -0.3 is 14.4 Å². The van der Waals surface area contributed by atoms with E-state index in [4.69, 9.17) is 5.11 Å². The zero-order valence-electron chi connectivity index (χ0n) is 16.6. The van der Waals surface area contributed by atoms with Crippen molar-refractivity contribution in [3.8, 4) is 11.3 Å². The normalized spacial score (nSPS) is 15.4. The van der Waals surface area contributed by atoms with Gasteiger partial charge in [-0.2, -0.15) is 0 Å². The van der Waals surface area contributed by atoms with Crippen LogP contribution in [-0.4, -0.2) is 48.5 Å². The maximum absolute atomic E-state index is 14.9. The number of piperidine rings is 1. The van der Waals surface area contributed by atoms with Gasteiger partial charge in [-0.15, -0.1) is 11.3 Å². The van der Waals surface area contributed by atoms with Gasteiger partial charge in [0.25, 0.3) is 0 Å². The minimum Gasteiger partial charge on any atom is -0.465 e. The van der Waals surface area contributed by atoms with E-state index < -0.39 is 6.09 Å². The minimum absolute atomic E-state index is 0.160. The van der Waals surface area contributed by atoms with E-state index in [2.05, 4.69) is 15.0 Å². The molecular formula is C21H20FN5O2S. The van der Waals surface area contributed by atoms with Crippen LogP contribution in [0.4, 0.5) is 9.18 Å². The molecule has 1 aromatic carbocycles. The number of aromatic nitrogens is 4. The molecule has 154 valence electrons. The maximum Gasteiger partial charge on any atom is 0.407 e. The van der Waals surface area contributed by atoms with E-state index in [1.54, 1.807) is 0 Å². The summed E-state index contributed by atoms with van der Waals surface area (Å²) in [6.07, 6.45) is 4.32. The average molecular weight is 425 g/mol. The van der Waals surface area contributed by atoms with Gasteiger partial charge in [-0.1, -0.05) is 0 Å². The van der Waals surface area contributed by atoms with Crippen LogP contribution >= 0.6 is 11.3 Å². The number of nitrogens with zero attached hydrogens (tertiary/aromatic N) is 5. The number of carbonyl (C=O) groups is 1. The molecule has 1 N–H and O–H groups in total. The van der Waals surface area contributed by atoms with E-state index in [9.17, 15) is 9.18 Å². The van der Waals surface area contributed by atoms with Crippen LogP contribution in [-0.2, 0) is 0 Å². The van der Waals surface area contributed by atoms with Gasteiger partial charge in [0.05, 0.1) is 26.8 Å². The monoisotopic (exact) mass is 425 g/mol. The molecule has 4 heterocycles. The topological polar surface area (TPSA) is 83.6 Å². The molecule has 0 saturated carbocycles. The lowest BCUT2D eigenvalue weighted by Crippen LogP contribution is -2.36. The molecule has 9 heteroatoms. The van der Waals surface area contributed by atoms with Crippen molar-refractivity contribution in [3.05, 3.63) is 46.7 Å². The summed E-state index contributed by atoms with van der Waals surface area (Å²) in [6, 6.07) is 3.42. The standard InChI is InChI=1S/C21H20FN5O2S/c1-11-9-27-10-16(24-19(27)12(2)23-11)14-7-15(22)18-17(8-14)30-20(25-18)13-3-5-26(6-4-13)21(28)29/h7-10,13H,3-6H2,1-2H3,(H,28,29). The molecule has 0 bridgehead atoms. The van der Waals surface area contributed by atoms with Gasteiger partial charge in [0.1, 0.15) is 5.52 Å². The van der Waals surface area contributed by atoms with Crippen molar-refractivity contribution >= 4 is 33.3 Å². The second-order valence-electron chi connectivity index (χ2n) is 7.73. The van der Waals surface area contributed by atoms with E-state index in [1.165, 1.54) is 22.3 Å². The molecule has 3 aromatic heterocycles. The third-order valence-corrected chi connectivity index (χ3v) is 6.77. The van der Waals surface area contributed by atoms with Crippen molar-refractivity contribution in [2.24, 2.45) is 0 Å². The molecular weight excluding hydrogens is 405 g/mol. The van der Waals surface area contributed by atoms with Crippen molar-refractivity contribution in [2.45, 2.75) is 32.6 Å². The number of rotatable bonds is 2. The summed E-state index contributed by atoms with van der Waals surface area (Å²) in [5.41, 5.74) is 4.25. The molecule has 5 rings (SSSR count). The number of fused-ring (bicyclic) bond motifs is 2. The molecule has 1 amide bonds. The van der Waals surface area contributed by atoms with E-state index in [0.717, 1.165) is 26.7 Å². The van der Waals surface area contributed by atoms with Crippen molar-refractivity contribution in [3.63, 3.8) is 0 Å². The Bertz CT molecular complexity index is 1290. The van der Waals surface area contributed by atoms with Gasteiger partial charge in [0.15, 0.2) is 11.5 Å². The Hall–Kier alpha value is -3.07. The van der Waals surface area contributed by atoms with Crippen LogP contribution in [0.3, 0.4) is 0 Å². The second kappa shape index (κ2) is 7.02. The molecule has 0 atom stereocenters. The molecule has 30 heavy (non-hydrogen) atoms. The van der Waals surface area contributed by atoms with E-state index in [1.807, 2.05) is 36.7 Å². The Balaban J connectivity index is 1.50. The summed E-state index contributed by atoms with van der Waals surface area (Å²) in [6.45, 7) is 4.81. The van der Waals surface area contributed by atoms with E-state index in [0.29, 0.717) is 42.7 Å². The highest BCUT2D eigenvalue weighted by Crippen LogP contribution is 2.36. The molecule has 0 aliphatic carbocycles. The predicted molar refractivity (Wildman–Crippen MR) is 113 cm³/mol. The Labute approximate surface area is 175 Å². The van der Waals surface area contributed by atoms with Crippen molar-refractivity contribution < 1.29 is 14.3 Å². The predicted octanol–water partition coefficient (Wildman–Crippen LogP) is 4.62. The van der Waals surface area contributed by atoms with Crippen LogP contribution < -0.4 is 0 Å². The summed E-state index contributed by atoms with van der Waals surface area (Å²) in [5.74, 6) is -0.205. The lowest BCUT2D eigenvalue weighted by molar-refractivity contribution is 0.132. The van der Waals surface area contributed by atoms with Crippen LogP contribution in [0.15, 0.2) is 24.5 Å². The number of carboxylic acid groups (broad SMARTS) is 1. The van der Waals surface area contributed by atoms with Gasteiger partial charge in [-0.3, -0.25) is 4.98 Å². The number of hydrogen-bond donors (Lipinski definition) is 1. The number of hydrogen-bond acceptors (Lipinski definition) is 5. The van der Waals surface area contributed by atoms with Gasteiger partial charge in [0, 0.05) is 37.0 Å². The molecule has 0 unspecified atom stereocenters. The van der Waals surface area contributed by atoms with Crippen molar-refractivity contribution in [1.82, 2.24) is 24.3 Å². The molecule has 1 fully saturated rings. The Morgan fingerprint density at radius 2 is 1.93 bits per heavy atom. The highest BCUT2D eigenvalue weighted by atomic mass is 32.1. The lowest BCUT2D eigenvalue weighted by atomic mass is 9.98. The van der Waals surface area contributed by atoms with Crippen LogP contribution in [0.1, 0.15) is 35.2 Å². The number of likely N-dealkylation sites (tertiary alicyclic amines) is 1. The number of halogens is 1. The molecule has 1 aliphatic heterocycles. The first kappa shape index (κ1) is 18.9. The van der Waals surface area contributed by atoms with Crippen molar-refractivity contribution in [2.75, 3.05) is 13.1 Å². The van der Waals surface area contributed by atoms with Crippen LogP contribution in [0, 0.1) is 19.7 Å². The smallest absolute Gasteiger partial charge is 0.407 e. The minimum atomic E-state index is -0.887. The summed E-state index contributed by atoms with van der Waals surface area (Å²) in [5, 5.41) is 9.99. The summed E-state index contributed by atoms with van der Waals surface area (Å²) in [4.78, 5) is 26.2. The number of amides is 1. The molecule has 0 spiro atoms. The molecule has 1 aliphatic rings. The Morgan fingerprint density at radius 3 is 2.67 bits per heavy atom. The summed E-state index contributed by atoms with van der Waals surface area (Å²) >= 11 is 1.48. The summed E-state index contributed by atoms with van der Waals surface area (Å²) in [7, 11) is 0. The number of thiazole rings is 1. The first-order valence-corrected chi connectivity index (χ1v) is 10.6. The van der Waals surface area contributed by atoms with E-state index >= 15 is 0 Å². The first-order valence-electron chi connectivity index (χ1n) is 9.80. The third kappa shape index (κ3) is 3.19. The van der Waals surface area contributed by atoms with Gasteiger partial charge in [0.2, 0.25) is 0 Å². The first-order chi connectivity index (χ1) is 14.4. The lowest BCUT2D eigenvalue weighted by Gasteiger charge is -2.28. The SMILES string of the molecule is Cc1cn2cc(-c3cc(F)c4nc(C5CCN(C(=O)O)CC5)sc4c3)nc2c(C)n1. The van der Waals surface area contributed by atoms with Crippen molar-refractivity contribution in [1.29, 1.82) is 0 Å². The Morgan fingerprint density at radius 1 is 1.17 bits per heavy atom. The highest BCUT2D eigenvalue weighted by Gasteiger charge is 2.26. The fraction of sp³-hybridized carbons (Fsp3) is 0.333. The average Bonchev–Trinajstić information content (AvgIpc) is 3.32. The second-order valence-corrected chi connectivity index (χ2v) is 8.79. The molecule has 1 saturated heterocycles. The fourth-order valence-electron chi connectivity index (χ4n) is 4.09. The van der Waals surface area contributed by atoms with Crippen LogP contribution in [0.2, 0.25) is 0 Å². The maximum atomic E-state index is 14.9. The molecule has 0 radical (unpaired) electrons. The third-order valence-electron chi connectivity index (χ3n) is 5.60. The van der Waals surface area contributed by atoms with Gasteiger partial charge in [-0.05, 0) is 38.8 Å². The number of imidazole rings is 1. The number of benzene rings is 1. The molecule has 4 aromatic rings. The largest absolute Gasteiger partial charge is 0.465 e. The highest BCUT2D eigenvalue weighted by molar-refractivity contribution is 7.18. The summed E-state index contributed by atoms with van der Waals surface area (Å²) < 4.78 is 17.6. The quantitative estimate of drug-likeness (QED) is 0.507. The van der Waals surface area contributed by atoms with Gasteiger partial charge in [-0.25, -0.2) is 19.2 Å². The van der Waals surface area contributed by atoms with Gasteiger partial charge >= 0.3 is 6.09 Å². The molecule has 7 nitrogen and oxygen atoms in total. The Kier molecular flexibility index (Phi) is 4.43. The number of aryl methyl sites for hydroxylation is 2. The zero-order chi connectivity index (χ0) is 21.0. The fourth-order valence-corrected chi connectivity index (χ4v) is 5.28. The zero-order valence-corrected chi connectivity index (χ0v) is 17.4.